The Hall–Kier alpha value is -2.07. The highest BCUT2D eigenvalue weighted by atomic mass is 16.5. The quantitative estimate of drug-likeness (QED) is 0.394. The van der Waals surface area contributed by atoms with Crippen molar-refractivity contribution in [2.75, 3.05) is 18.5 Å². The Kier molecular flexibility index (Phi) is 9.36. The summed E-state index contributed by atoms with van der Waals surface area (Å²) in [5.74, 6) is 1.95. The summed E-state index contributed by atoms with van der Waals surface area (Å²) >= 11 is 0. The van der Waals surface area contributed by atoms with E-state index in [2.05, 4.69) is 53.8 Å². The van der Waals surface area contributed by atoms with Crippen molar-refractivity contribution >= 4 is 22.4 Å². The first-order chi connectivity index (χ1) is 14.7. The summed E-state index contributed by atoms with van der Waals surface area (Å²) in [6.07, 6.45) is 2.28. The van der Waals surface area contributed by atoms with Gasteiger partial charge in [-0.15, -0.1) is 0 Å². The average Bonchev–Trinajstić information content (AvgIpc) is 2.70. The third-order valence-corrected chi connectivity index (χ3v) is 5.18. The van der Waals surface area contributed by atoms with Gasteiger partial charge in [0.2, 0.25) is 0 Å². The second-order valence-electron chi connectivity index (χ2n) is 9.85. The Morgan fingerprint density at radius 2 is 1.52 bits per heavy atom. The van der Waals surface area contributed by atoms with Gasteiger partial charge in [0.05, 0.1) is 6.61 Å². The molecule has 1 amide bonds. The molecule has 0 fully saturated rings. The van der Waals surface area contributed by atoms with Crippen LogP contribution in [0.1, 0.15) is 67.7 Å². The largest absolute Gasteiger partial charge is 0.493 e. The van der Waals surface area contributed by atoms with Gasteiger partial charge < -0.3 is 14.8 Å². The van der Waals surface area contributed by atoms with Crippen molar-refractivity contribution in [3.05, 3.63) is 36.4 Å². The molecule has 172 valence electrons. The minimum absolute atomic E-state index is 0.0515. The number of ether oxygens (including phenoxy) is 2. The maximum atomic E-state index is 13.7. The average molecular weight is 428 g/mol. The molecule has 0 saturated carbocycles. The fraction of sp³-hybridized carbons (Fsp3) is 0.593. The van der Waals surface area contributed by atoms with E-state index in [1.54, 1.807) is 0 Å². The highest BCUT2D eigenvalue weighted by Gasteiger charge is 2.40. The molecule has 0 saturated heterocycles. The van der Waals surface area contributed by atoms with E-state index in [4.69, 9.17) is 9.47 Å². The summed E-state index contributed by atoms with van der Waals surface area (Å²) in [6, 6.07) is 12.0. The molecule has 2 rings (SSSR count). The zero-order chi connectivity index (χ0) is 23.0. The Balaban J connectivity index is 2.41. The lowest BCUT2D eigenvalue weighted by Crippen LogP contribution is -2.48. The van der Waals surface area contributed by atoms with Crippen LogP contribution in [0.25, 0.3) is 10.8 Å². The molecular weight excluding hydrogens is 386 g/mol. The molecule has 4 nitrogen and oxygen atoms in total. The molecule has 0 aliphatic carbocycles. The third-order valence-electron chi connectivity index (χ3n) is 5.18. The summed E-state index contributed by atoms with van der Waals surface area (Å²) < 4.78 is 12.3. The fourth-order valence-electron chi connectivity index (χ4n) is 4.07. The molecule has 0 radical (unpaired) electrons. The van der Waals surface area contributed by atoms with Gasteiger partial charge in [0.15, 0.2) is 0 Å². The Bertz CT molecular complexity index is 831. The van der Waals surface area contributed by atoms with Crippen molar-refractivity contribution < 1.29 is 14.3 Å². The van der Waals surface area contributed by atoms with Gasteiger partial charge in [-0.25, -0.2) is 0 Å². The van der Waals surface area contributed by atoms with E-state index in [1.165, 1.54) is 0 Å². The molecule has 4 heteroatoms. The third kappa shape index (κ3) is 6.96. The smallest absolute Gasteiger partial charge is 0.256 e. The number of fused-ring (bicyclic) bond motifs is 1. The zero-order valence-corrected chi connectivity index (χ0v) is 20.5. The standard InChI is InChI=1S/C27H41NO3/c1-8-15-31-27(16-19(2)3,17-20(4)5)26(29)28-24-13-14-25(30-18-21(6)7)23-12-10-9-11-22(23)24/h9-14,19-21H,8,15-18H2,1-7H3,(H,28,29). The van der Waals surface area contributed by atoms with E-state index in [0.717, 1.165) is 28.6 Å². The predicted octanol–water partition coefficient (Wildman–Crippen LogP) is 7.07. The number of hydrogen-bond acceptors (Lipinski definition) is 3. The second kappa shape index (κ2) is 11.5. The van der Waals surface area contributed by atoms with E-state index in [0.29, 0.717) is 43.8 Å². The van der Waals surface area contributed by atoms with Crippen LogP contribution in [0, 0.1) is 17.8 Å². The molecule has 2 aromatic carbocycles. The van der Waals surface area contributed by atoms with Crippen LogP contribution in [0.3, 0.4) is 0 Å². The zero-order valence-electron chi connectivity index (χ0n) is 20.5. The number of anilines is 1. The number of benzene rings is 2. The number of nitrogens with one attached hydrogen (secondary N) is 1. The first-order valence-corrected chi connectivity index (χ1v) is 11.8. The molecule has 2 aromatic rings. The van der Waals surface area contributed by atoms with Crippen LogP contribution in [0.5, 0.6) is 5.75 Å². The van der Waals surface area contributed by atoms with E-state index in [-0.39, 0.29) is 5.91 Å². The molecule has 0 bridgehead atoms. The molecule has 0 aliphatic heterocycles. The summed E-state index contributed by atoms with van der Waals surface area (Å²) in [5, 5.41) is 5.21. The van der Waals surface area contributed by atoms with Crippen LogP contribution in [-0.4, -0.2) is 24.7 Å². The van der Waals surface area contributed by atoms with Crippen molar-refractivity contribution in [2.24, 2.45) is 17.8 Å². The molecule has 0 spiro atoms. The molecule has 0 aliphatic rings. The number of amides is 1. The SMILES string of the molecule is CCCOC(CC(C)C)(CC(C)C)C(=O)Nc1ccc(OCC(C)C)c2ccccc12. The Morgan fingerprint density at radius 1 is 0.903 bits per heavy atom. The van der Waals surface area contributed by atoms with Crippen LogP contribution in [0.15, 0.2) is 36.4 Å². The van der Waals surface area contributed by atoms with Crippen molar-refractivity contribution in [1.82, 2.24) is 0 Å². The number of carbonyl (C=O) groups is 1. The summed E-state index contributed by atoms with van der Waals surface area (Å²) in [5.41, 5.74) is -0.0267. The first kappa shape index (κ1) is 25.2. The van der Waals surface area contributed by atoms with Crippen LogP contribution in [0.2, 0.25) is 0 Å². The van der Waals surface area contributed by atoms with Crippen LogP contribution in [-0.2, 0) is 9.53 Å². The molecule has 0 heterocycles. The van der Waals surface area contributed by atoms with Crippen molar-refractivity contribution in [2.45, 2.75) is 73.3 Å². The number of carbonyl (C=O) groups excluding carboxylic acids is 1. The van der Waals surface area contributed by atoms with E-state index in [9.17, 15) is 4.79 Å². The minimum Gasteiger partial charge on any atom is -0.493 e. The van der Waals surface area contributed by atoms with Gasteiger partial charge in [0.1, 0.15) is 11.4 Å². The molecule has 31 heavy (non-hydrogen) atoms. The first-order valence-electron chi connectivity index (χ1n) is 11.8. The summed E-state index contributed by atoms with van der Waals surface area (Å²) in [4.78, 5) is 13.7. The highest BCUT2D eigenvalue weighted by molar-refractivity contribution is 6.06. The van der Waals surface area contributed by atoms with Gasteiger partial charge in [0.25, 0.3) is 5.91 Å². The van der Waals surface area contributed by atoms with Gasteiger partial charge in [-0.1, -0.05) is 72.7 Å². The highest BCUT2D eigenvalue weighted by Crippen LogP contribution is 2.35. The Labute approximate surface area is 188 Å². The molecule has 0 unspecified atom stereocenters. The normalized spacial score (nSPS) is 12.2. The molecule has 0 atom stereocenters. The van der Waals surface area contributed by atoms with Gasteiger partial charge >= 0.3 is 0 Å². The monoisotopic (exact) mass is 427 g/mol. The van der Waals surface area contributed by atoms with Crippen molar-refractivity contribution in [3.8, 4) is 5.75 Å². The van der Waals surface area contributed by atoms with Crippen LogP contribution in [0.4, 0.5) is 5.69 Å². The molecular formula is C27H41NO3. The minimum atomic E-state index is -0.827. The molecule has 0 aromatic heterocycles. The fourth-order valence-corrected chi connectivity index (χ4v) is 4.07. The number of hydrogen-bond donors (Lipinski definition) is 1. The second-order valence-corrected chi connectivity index (χ2v) is 9.85. The van der Waals surface area contributed by atoms with Gasteiger partial charge in [-0.3, -0.25) is 4.79 Å². The van der Waals surface area contributed by atoms with Gasteiger partial charge in [-0.05, 0) is 49.1 Å². The van der Waals surface area contributed by atoms with Crippen molar-refractivity contribution in [3.63, 3.8) is 0 Å². The maximum absolute atomic E-state index is 13.7. The van der Waals surface area contributed by atoms with E-state index < -0.39 is 5.60 Å². The van der Waals surface area contributed by atoms with Crippen LogP contribution >= 0.6 is 0 Å². The van der Waals surface area contributed by atoms with E-state index in [1.807, 2.05) is 36.4 Å². The lowest BCUT2D eigenvalue weighted by Gasteiger charge is -2.35. The molecule has 1 N–H and O–H groups in total. The lowest BCUT2D eigenvalue weighted by atomic mass is 9.83. The van der Waals surface area contributed by atoms with E-state index >= 15 is 0 Å². The van der Waals surface area contributed by atoms with Crippen LogP contribution < -0.4 is 10.1 Å². The summed E-state index contributed by atoms with van der Waals surface area (Å²) in [6.45, 7) is 16.2. The van der Waals surface area contributed by atoms with Gasteiger partial charge in [0, 0.05) is 23.1 Å². The maximum Gasteiger partial charge on any atom is 0.256 e. The lowest BCUT2D eigenvalue weighted by molar-refractivity contribution is -0.147. The summed E-state index contributed by atoms with van der Waals surface area (Å²) in [7, 11) is 0. The van der Waals surface area contributed by atoms with Gasteiger partial charge in [-0.2, -0.15) is 0 Å². The Morgan fingerprint density at radius 3 is 2.06 bits per heavy atom. The van der Waals surface area contributed by atoms with Crippen molar-refractivity contribution in [1.29, 1.82) is 0 Å². The number of rotatable bonds is 12. The predicted molar refractivity (Wildman–Crippen MR) is 131 cm³/mol. The topological polar surface area (TPSA) is 47.6 Å².